The van der Waals surface area contributed by atoms with Crippen LogP contribution in [0.15, 0.2) is 22.7 Å². The van der Waals surface area contributed by atoms with Crippen LogP contribution in [0.2, 0.25) is 0 Å². The van der Waals surface area contributed by atoms with Gasteiger partial charge < -0.3 is 10.4 Å². The largest absolute Gasteiger partial charge is 0.387 e. The number of carbonyl (C=O) groups excluding carboxylic acids is 1. The van der Waals surface area contributed by atoms with Gasteiger partial charge in [-0.05, 0) is 41.2 Å². The summed E-state index contributed by atoms with van der Waals surface area (Å²) in [6.45, 7) is 1.71. The smallest absolute Gasteiger partial charge is 0.254 e. The van der Waals surface area contributed by atoms with Gasteiger partial charge >= 0.3 is 0 Å². The topological polar surface area (TPSA) is 49.3 Å². The van der Waals surface area contributed by atoms with Crippen LogP contribution in [-0.4, -0.2) is 35.2 Å². The summed E-state index contributed by atoms with van der Waals surface area (Å²) in [5.41, 5.74) is -1.04. The normalized spacial score (nSPS) is 14.1. The van der Waals surface area contributed by atoms with Crippen molar-refractivity contribution in [3.8, 4) is 0 Å². The highest BCUT2D eigenvalue weighted by molar-refractivity contribution is 9.10. The second kappa shape index (κ2) is 6.54. The molecule has 0 heterocycles. The number of hydrogen-bond donors (Lipinski definition) is 2. The number of amides is 1. The summed E-state index contributed by atoms with van der Waals surface area (Å²) in [7, 11) is 0. The Hall–Kier alpha value is -0.590. The van der Waals surface area contributed by atoms with Crippen molar-refractivity contribution < 1.29 is 14.3 Å². The summed E-state index contributed by atoms with van der Waals surface area (Å²) in [6.07, 6.45) is 1.87. The van der Waals surface area contributed by atoms with Crippen LogP contribution in [0, 0.1) is 5.82 Å². The molecule has 0 aliphatic rings. The minimum absolute atomic E-state index is 0.0377. The molecule has 1 atom stereocenters. The molecule has 0 fully saturated rings. The van der Waals surface area contributed by atoms with Crippen molar-refractivity contribution >= 4 is 33.6 Å². The third-order valence-electron chi connectivity index (χ3n) is 2.28. The van der Waals surface area contributed by atoms with Crippen molar-refractivity contribution in [2.75, 3.05) is 18.6 Å². The van der Waals surface area contributed by atoms with E-state index >= 15 is 0 Å². The molecule has 1 amide bonds. The summed E-state index contributed by atoms with van der Waals surface area (Å²) in [5, 5.41) is 12.4. The van der Waals surface area contributed by atoms with Gasteiger partial charge in [0.25, 0.3) is 5.91 Å². The van der Waals surface area contributed by atoms with Crippen LogP contribution in [0.5, 0.6) is 0 Å². The molecule has 1 rings (SSSR count). The lowest BCUT2D eigenvalue weighted by Gasteiger charge is -2.22. The van der Waals surface area contributed by atoms with Gasteiger partial charge in [0.2, 0.25) is 0 Å². The van der Waals surface area contributed by atoms with Crippen molar-refractivity contribution in [2.24, 2.45) is 0 Å². The first-order valence-corrected chi connectivity index (χ1v) is 7.49. The minimum atomic E-state index is -1.00. The van der Waals surface area contributed by atoms with Crippen molar-refractivity contribution in [1.82, 2.24) is 5.32 Å². The summed E-state index contributed by atoms with van der Waals surface area (Å²) < 4.78 is 13.9. The summed E-state index contributed by atoms with van der Waals surface area (Å²) in [5.74, 6) is -0.636. The summed E-state index contributed by atoms with van der Waals surface area (Å²) >= 11 is 4.50. The summed E-state index contributed by atoms with van der Waals surface area (Å²) in [4.78, 5) is 11.8. The van der Waals surface area contributed by atoms with Crippen LogP contribution in [-0.2, 0) is 0 Å². The molecule has 0 aliphatic carbocycles. The molecule has 18 heavy (non-hydrogen) atoms. The minimum Gasteiger partial charge on any atom is -0.387 e. The molecule has 0 radical (unpaired) electrons. The highest BCUT2D eigenvalue weighted by atomic mass is 79.9. The fourth-order valence-electron chi connectivity index (χ4n) is 1.41. The van der Waals surface area contributed by atoms with E-state index in [1.165, 1.54) is 23.9 Å². The third kappa shape index (κ3) is 4.26. The molecule has 0 spiro atoms. The Morgan fingerprint density at radius 1 is 1.61 bits per heavy atom. The van der Waals surface area contributed by atoms with Gasteiger partial charge in [-0.25, -0.2) is 4.39 Å². The van der Waals surface area contributed by atoms with E-state index in [0.29, 0.717) is 5.75 Å². The Bertz CT molecular complexity index is 440. The van der Waals surface area contributed by atoms with Crippen LogP contribution in [0.25, 0.3) is 0 Å². The highest BCUT2D eigenvalue weighted by Crippen LogP contribution is 2.18. The molecular formula is C12H15BrFNO2S. The van der Waals surface area contributed by atoms with Crippen LogP contribution in [0.4, 0.5) is 4.39 Å². The van der Waals surface area contributed by atoms with E-state index in [4.69, 9.17) is 0 Å². The molecule has 0 aliphatic heterocycles. The number of aliphatic hydroxyl groups is 1. The Morgan fingerprint density at radius 2 is 2.28 bits per heavy atom. The molecule has 1 aromatic carbocycles. The van der Waals surface area contributed by atoms with E-state index < -0.39 is 17.3 Å². The average molecular weight is 336 g/mol. The number of benzene rings is 1. The molecule has 100 valence electrons. The molecule has 6 heteroatoms. The molecule has 0 aromatic heterocycles. The lowest BCUT2D eigenvalue weighted by Crippen LogP contribution is -2.42. The summed E-state index contributed by atoms with van der Waals surface area (Å²) in [6, 6.07) is 4.51. The maximum absolute atomic E-state index is 13.6. The van der Waals surface area contributed by atoms with Gasteiger partial charge in [-0.1, -0.05) is 6.07 Å². The number of hydrogen-bond acceptors (Lipinski definition) is 3. The Labute approximate surface area is 118 Å². The van der Waals surface area contributed by atoms with Crippen LogP contribution in [0.3, 0.4) is 0 Å². The van der Waals surface area contributed by atoms with E-state index in [2.05, 4.69) is 21.2 Å². The molecule has 3 nitrogen and oxygen atoms in total. The van der Waals surface area contributed by atoms with Gasteiger partial charge in [0, 0.05) is 12.3 Å². The maximum atomic E-state index is 13.6. The number of carbonyl (C=O) groups is 1. The van der Waals surface area contributed by atoms with Crippen LogP contribution < -0.4 is 5.32 Å². The predicted molar refractivity (Wildman–Crippen MR) is 75.4 cm³/mol. The fraction of sp³-hybridized carbons (Fsp3) is 0.417. The molecule has 2 N–H and O–H groups in total. The molecule has 0 bridgehead atoms. The number of nitrogens with one attached hydrogen (secondary N) is 1. The average Bonchev–Trinajstić information content (AvgIpc) is 2.30. The molecule has 0 saturated heterocycles. The zero-order chi connectivity index (χ0) is 13.8. The number of rotatable bonds is 5. The Balaban J connectivity index is 2.69. The lowest BCUT2D eigenvalue weighted by atomic mass is 10.1. The van der Waals surface area contributed by atoms with Gasteiger partial charge in [0.15, 0.2) is 0 Å². The zero-order valence-electron chi connectivity index (χ0n) is 10.2. The van der Waals surface area contributed by atoms with E-state index in [1.807, 2.05) is 6.26 Å². The van der Waals surface area contributed by atoms with Crippen LogP contribution in [0.1, 0.15) is 17.3 Å². The van der Waals surface area contributed by atoms with Gasteiger partial charge in [-0.2, -0.15) is 11.8 Å². The SMILES string of the molecule is CSCC(C)(O)CNC(=O)c1cccc(Br)c1F. The first kappa shape index (κ1) is 15.5. The predicted octanol–water partition coefficient (Wildman–Crippen LogP) is 2.43. The molecule has 1 unspecified atom stereocenters. The van der Waals surface area contributed by atoms with E-state index in [9.17, 15) is 14.3 Å². The van der Waals surface area contributed by atoms with Gasteiger partial charge in [0.1, 0.15) is 5.82 Å². The first-order valence-electron chi connectivity index (χ1n) is 5.31. The standard InChI is InChI=1S/C12H15BrFNO2S/c1-12(17,7-18-2)6-15-11(16)8-4-3-5-9(13)10(8)14/h3-5,17H,6-7H2,1-2H3,(H,15,16). The molecular weight excluding hydrogens is 321 g/mol. The van der Waals surface area contributed by atoms with Crippen molar-refractivity contribution in [3.63, 3.8) is 0 Å². The second-order valence-corrected chi connectivity index (χ2v) is 5.93. The Morgan fingerprint density at radius 3 is 2.89 bits per heavy atom. The van der Waals surface area contributed by atoms with Crippen molar-refractivity contribution in [3.05, 3.63) is 34.1 Å². The Kier molecular flexibility index (Phi) is 5.62. The van der Waals surface area contributed by atoms with Crippen LogP contribution >= 0.6 is 27.7 Å². The van der Waals surface area contributed by atoms with E-state index in [1.54, 1.807) is 13.0 Å². The van der Waals surface area contributed by atoms with Crippen molar-refractivity contribution in [1.29, 1.82) is 0 Å². The lowest BCUT2D eigenvalue weighted by molar-refractivity contribution is 0.0722. The third-order valence-corrected chi connectivity index (χ3v) is 3.80. The highest BCUT2D eigenvalue weighted by Gasteiger charge is 2.22. The van der Waals surface area contributed by atoms with E-state index in [0.717, 1.165) is 0 Å². The fourth-order valence-corrected chi connectivity index (χ4v) is 2.50. The number of halogens is 2. The zero-order valence-corrected chi connectivity index (χ0v) is 12.6. The van der Waals surface area contributed by atoms with Gasteiger partial charge in [-0.15, -0.1) is 0 Å². The van der Waals surface area contributed by atoms with Crippen molar-refractivity contribution in [2.45, 2.75) is 12.5 Å². The first-order chi connectivity index (χ1) is 8.37. The van der Waals surface area contributed by atoms with E-state index in [-0.39, 0.29) is 16.6 Å². The number of thioether (sulfide) groups is 1. The van der Waals surface area contributed by atoms with Gasteiger partial charge in [-0.3, -0.25) is 4.79 Å². The molecule has 0 saturated carbocycles. The quantitative estimate of drug-likeness (QED) is 0.868. The molecule has 1 aromatic rings. The second-order valence-electron chi connectivity index (χ2n) is 4.21. The maximum Gasteiger partial charge on any atom is 0.254 e. The monoisotopic (exact) mass is 335 g/mol. The van der Waals surface area contributed by atoms with Gasteiger partial charge in [0.05, 0.1) is 15.6 Å².